The van der Waals surface area contributed by atoms with Crippen molar-refractivity contribution in [3.8, 4) is 0 Å². The van der Waals surface area contributed by atoms with Crippen LogP contribution in [-0.2, 0) is 4.74 Å². The summed E-state index contributed by atoms with van der Waals surface area (Å²) in [4.78, 5) is 15.9. The van der Waals surface area contributed by atoms with Gasteiger partial charge in [-0.25, -0.2) is 14.2 Å². The van der Waals surface area contributed by atoms with E-state index in [1.807, 2.05) is 0 Å². The molecule has 0 saturated heterocycles. The topological polar surface area (TPSA) is 77.2 Å². The van der Waals surface area contributed by atoms with Gasteiger partial charge in [-0.1, -0.05) is 0 Å². The molecule has 0 aliphatic heterocycles. The number of carbonyl (C=O) groups is 1. The molecular weight excluding hydrogens is 273 g/mol. The zero-order chi connectivity index (χ0) is 15.4. The number of esters is 1. The molecule has 0 atom stereocenters. The molecule has 2 aromatic rings. The van der Waals surface area contributed by atoms with Crippen molar-refractivity contribution in [3.63, 3.8) is 0 Å². The highest BCUT2D eigenvalue weighted by Crippen LogP contribution is 2.21. The van der Waals surface area contributed by atoms with E-state index in [0.717, 1.165) is 0 Å². The molecule has 0 spiro atoms. The van der Waals surface area contributed by atoms with Gasteiger partial charge in [-0.3, -0.25) is 0 Å². The smallest absolute Gasteiger partial charge is 0.340 e. The van der Waals surface area contributed by atoms with E-state index in [9.17, 15) is 9.18 Å². The number of rotatable bonds is 4. The van der Waals surface area contributed by atoms with Gasteiger partial charge in [-0.2, -0.15) is 0 Å². The Morgan fingerprint density at radius 3 is 2.86 bits per heavy atom. The Labute approximate surface area is 121 Å². The van der Waals surface area contributed by atoms with E-state index in [2.05, 4.69) is 10.3 Å². The number of nitrogens with zero attached hydrogens (tertiary/aromatic N) is 1. The first kappa shape index (κ1) is 14.8. The number of hydrogen-bond donors (Lipinski definition) is 2. The third-order valence-corrected chi connectivity index (χ3v) is 2.86. The number of pyridine rings is 1. The first-order valence-electron chi connectivity index (χ1n) is 6.47. The summed E-state index contributed by atoms with van der Waals surface area (Å²) in [6.07, 6.45) is 1.38. The van der Waals surface area contributed by atoms with Crippen LogP contribution in [0.3, 0.4) is 0 Å². The average Bonchev–Trinajstić information content (AvgIpc) is 2.45. The zero-order valence-electron chi connectivity index (χ0n) is 11.8. The zero-order valence-corrected chi connectivity index (χ0v) is 11.8. The number of hydrogen-bond acceptors (Lipinski definition) is 5. The summed E-state index contributed by atoms with van der Waals surface area (Å²) in [5, 5.41) is 3.00. The molecule has 0 radical (unpaired) electrons. The van der Waals surface area contributed by atoms with Crippen molar-refractivity contribution in [2.45, 2.75) is 13.8 Å². The van der Waals surface area contributed by atoms with Gasteiger partial charge >= 0.3 is 5.97 Å². The molecule has 0 fully saturated rings. The van der Waals surface area contributed by atoms with E-state index in [1.54, 1.807) is 26.0 Å². The van der Waals surface area contributed by atoms with Crippen LogP contribution in [0.1, 0.15) is 22.8 Å². The minimum absolute atomic E-state index is 0.244. The first-order valence-corrected chi connectivity index (χ1v) is 6.47. The second kappa shape index (κ2) is 6.21. The van der Waals surface area contributed by atoms with Crippen LogP contribution in [0.2, 0.25) is 0 Å². The fourth-order valence-electron chi connectivity index (χ4n) is 1.79. The fraction of sp³-hybridized carbons (Fsp3) is 0.200. The SMILES string of the molecule is CCOC(=O)c1cc(Nc2ccc(F)c(C)c2)ncc1N. The van der Waals surface area contributed by atoms with E-state index in [0.29, 0.717) is 17.1 Å². The van der Waals surface area contributed by atoms with Crippen molar-refractivity contribution < 1.29 is 13.9 Å². The third kappa shape index (κ3) is 3.47. The Hall–Kier alpha value is -2.63. The number of anilines is 3. The average molecular weight is 289 g/mol. The van der Waals surface area contributed by atoms with Crippen molar-refractivity contribution in [1.82, 2.24) is 4.98 Å². The normalized spacial score (nSPS) is 10.2. The first-order chi connectivity index (χ1) is 10.0. The number of nitrogens with one attached hydrogen (secondary N) is 1. The molecule has 1 aromatic carbocycles. The molecule has 0 aliphatic carbocycles. The lowest BCUT2D eigenvalue weighted by molar-refractivity contribution is 0.0527. The van der Waals surface area contributed by atoms with E-state index in [4.69, 9.17) is 10.5 Å². The summed E-state index contributed by atoms with van der Waals surface area (Å²) in [5.74, 6) is -0.355. The highest BCUT2D eigenvalue weighted by molar-refractivity contribution is 5.95. The predicted octanol–water partition coefficient (Wildman–Crippen LogP) is 3.03. The van der Waals surface area contributed by atoms with Crippen LogP contribution in [0, 0.1) is 12.7 Å². The lowest BCUT2D eigenvalue weighted by Gasteiger charge is -2.10. The van der Waals surface area contributed by atoms with Gasteiger partial charge in [0, 0.05) is 5.69 Å². The summed E-state index contributed by atoms with van der Waals surface area (Å²) in [6.45, 7) is 3.65. The quantitative estimate of drug-likeness (QED) is 0.846. The maximum atomic E-state index is 13.2. The number of halogens is 1. The summed E-state index contributed by atoms with van der Waals surface area (Å²) >= 11 is 0. The molecule has 5 nitrogen and oxygen atoms in total. The number of aromatic nitrogens is 1. The second-order valence-corrected chi connectivity index (χ2v) is 4.47. The van der Waals surface area contributed by atoms with E-state index in [1.165, 1.54) is 18.3 Å². The van der Waals surface area contributed by atoms with Gasteiger partial charge in [0.15, 0.2) is 0 Å². The van der Waals surface area contributed by atoms with Crippen LogP contribution in [0.4, 0.5) is 21.6 Å². The molecule has 1 aromatic heterocycles. The van der Waals surface area contributed by atoms with Gasteiger partial charge in [-0.05, 0) is 43.7 Å². The summed E-state index contributed by atoms with van der Waals surface area (Å²) < 4.78 is 18.1. The van der Waals surface area contributed by atoms with Crippen molar-refractivity contribution in [2.75, 3.05) is 17.7 Å². The number of nitrogen functional groups attached to an aromatic ring is 1. The van der Waals surface area contributed by atoms with Crippen LogP contribution in [0.15, 0.2) is 30.5 Å². The van der Waals surface area contributed by atoms with E-state index in [-0.39, 0.29) is 23.7 Å². The van der Waals surface area contributed by atoms with Crippen LogP contribution in [0.25, 0.3) is 0 Å². The molecule has 2 rings (SSSR count). The summed E-state index contributed by atoms with van der Waals surface area (Å²) in [7, 11) is 0. The predicted molar refractivity (Wildman–Crippen MR) is 79.0 cm³/mol. The lowest BCUT2D eigenvalue weighted by Crippen LogP contribution is -2.09. The number of benzene rings is 1. The summed E-state index contributed by atoms with van der Waals surface area (Å²) in [6, 6.07) is 6.11. The van der Waals surface area contributed by atoms with Crippen LogP contribution >= 0.6 is 0 Å². The number of aryl methyl sites for hydroxylation is 1. The van der Waals surface area contributed by atoms with Crippen LogP contribution < -0.4 is 11.1 Å². The minimum atomic E-state index is -0.504. The Morgan fingerprint density at radius 2 is 2.19 bits per heavy atom. The molecule has 0 bridgehead atoms. The highest BCUT2D eigenvalue weighted by Gasteiger charge is 2.12. The van der Waals surface area contributed by atoms with E-state index < -0.39 is 5.97 Å². The molecule has 0 amide bonds. The van der Waals surface area contributed by atoms with Crippen LogP contribution in [-0.4, -0.2) is 17.6 Å². The van der Waals surface area contributed by atoms with Gasteiger partial charge < -0.3 is 15.8 Å². The minimum Gasteiger partial charge on any atom is -0.462 e. The standard InChI is InChI=1S/C15H16FN3O2/c1-3-21-15(20)11-7-14(18-8-13(11)17)19-10-4-5-12(16)9(2)6-10/h4-8H,3,17H2,1-2H3,(H,18,19). The number of carbonyl (C=O) groups excluding carboxylic acids is 1. The summed E-state index contributed by atoms with van der Waals surface area (Å²) in [5.41, 5.74) is 7.39. The van der Waals surface area contributed by atoms with Crippen molar-refractivity contribution in [2.24, 2.45) is 0 Å². The third-order valence-electron chi connectivity index (χ3n) is 2.86. The van der Waals surface area contributed by atoms with Gasteiger partial charge in [0.25, 0.3) is 0 Å². The number of ether oxygens (including phenoxy) is 1. The molecule has 110 valence electrons. The molecule has 0 unspecified atom stereocenters. The van der Waals surface area contributed by atoms with Crippen molar-refractivity contribution >= 4 is 23.2 Å². The number of nitrogens with two attached hydrogens (primary N) is 1. The second-order valence-electron chi connectivity index (χ2n) is 4.47. The molecule has 21 heavy (non-hydrogen) atoms. The van der Waals surface area contributed by atoms with E-state index >= 15 is 0 Å². The van der Waals surface area contributed by atoms with Gasteiger partial charge in [0.1, 0.15) is 11.6 Å². The van der Waals surface area contributed by atoms with Gasteiger partial charge in [-0.15, -0.1) is 0 Å². The van der Waals surface area contributed by atoms with Crippen LogP contribution in [0.5, 0.6) is 0 Å². The van der Waals surface area contributed by atoms with Gasteiger partial charge in [0.2, 0.25) is 0 Å². The fourth-order valence-corrected chi connectivity index (χ4v) is 1.79. The van der Waals surface area contributed by atoms with Crippen molar-refractivity contribution in [3.05, 3.63) is 47.4 Å². The molecule has 6 heteroatoms. The van der Waals surface area contributed by atoms with Crippen molar-refractivity contribution in [1.29, 1.82) is 0 Å². The Bertz CT molecular complexity index is 674. The molecule has 0 aliphatic rings. The lowest BCUT2D eigenvalue weighted by atomic mass is 10.2. The highest BCUT2D eigenvalue weighted by atomic mass is 19.1. The molecular formula is C15H16FN3O2. The Morgan fingerprint density at radius 1 is 1.43 bits per heavy atom. The monoisotopic (exact) mass is 289 g/mol. The Kier molecular flexibility index (Phi) is 4.37. The molecule has 3 N–H and O–H groups in total. The maximum Gasteiger partial charge on any atom is 0.340 e. The largest absolute Gasteiger partial charge is 0.462 e. The van der Waals surface area contributed by atoms with Gasteiger partial charge in [0.05, 0.1) is 24.1 Å². The molecule has 0 saturated carbocycles. The maximum absolute atomic E-state index is 13.2. The Balaban J connectivity index is 2.26. The molecule has 1 heterocycles.